The van der Waals surface area contributed by atoms with Crippen molar-refractivity contribution in [3.8, 4) is 5.75 Å². The van der Waals surface area contributed by atoms with Crippen molar-refractivity contribution < 1.29 is 13.9 Å². The van der Waals surface area contributed by atoms with Crippen LogP contribution in [0.2, 0.25) is 0 Å². The molecule has 174 valence electrons. The van der Waals surface area contributed by atoms with Crippen LogP contribution in [0.3, 0.4) is 0 Å². The van der Waals surface area contributed by atoms with Gasteiger partial charge in [0, 0.05) is 67.9 Å². The number of amides is 1. The number of carbonyl (C=O) groups excluding carboxylic acids is 1. The van der Waals surface area contributed by atoms with Crippen molar-refractivity contribution in [3.05, 3.63) is 63.6 Å². The Morgan fingerprint density at radius 2 is 2.00 bits per heavy atom. The highest BCUT2D eigenvalue weighted by Gasteiger charge is 2.18. The Bertz CT molecular complexity index is 1200. The van der Waals surface area contributed by atoms with Crippen LogP contribution in [-0.2, 0) is 17.8 Å². The van der Waals surface area contributed by atoms with Crippen LogP contribution >= 0.6 is 0 Å². The standard InChI is InChI=1S/C25H30N4O4/c1-17-20-7-6-19(32-3)15-22(20)33-25(31)21(17)8-9-23(30)27-16-18-5-4-10-26-24(18)29-13-11-28(2)12-14-29/h4-7,10,15H,8-9,11-14,16H2,1-3H3,(H,27,30). The summed E-state index contributed by atoms with van der Waals surface area (Å²) in [6, 6.07) is 9.29. The minimum atomic E-state index is -0.411. The molecule has 3 heterocycles. The Hall–Kier alpha value is -3.39. The SMILES string of the molecule is COc1ccc2c(C)c(CCC(=O)NCc3cccnc3N3CCN(C)CC3)c(=O)oc2c1. The number of ether oxygens (including phenoxy) is 1. The molecule has 3 aromatic rings. The van der Waals surface area contributed by atoms with Gasteiger partial charge in [0.05, 0.1) is 7.11 Å². The molecule has 0 bridgehead atoms. The minimum Gasteiger partial charge on any atom is -0.497 e. The van der Waals surface area contributed by atoms with Crippen molar-refractivity contribution in [1.82, 2.24) is 15.2 Å². The first kappa shape index (κ1) is 22.8. The van der Waals surface area contributed by atoms with Gasteiger partial charge in [0.15, 0.2) is 0 Å². The summed E-state index contributed by atoms with van der Waals surface area (Å²) < 4.78 is 10.7. The zero-order chi connectivity index (χ0) is 23.4. The third-order valence-electron chi connectivity index (χ3n) is 6.24. The van der Waals surface area contributed by atoms with Gasteiger partial charge < -0.3 is 24.3 Å². The van der Waals surface area contributed by atoms with Crippen LogP contribution in [0.15, 0.2) is 45.7 Å². The fourth-order valence-corrected chi connectivity index (χ4v) is 4.18. The number of piperazine rings is 1. The molecule has 8 heteroatoms. The number of aryl methyl sites for hydroxylation is 1. The number of nitrogens with one attached hydrogen (secondary N) is 1. The Morgan fingerprint density at radius 1 is 1.21 bits per heavy atom. The van der Waals surface area contributed by atoms with Gasteiger partial charge in [0.1, 0.15) is 17.2 Å². The Morgan fingerprint density at radius 3 is 2.76 bits per heavy atom. The van der Waals surface area contributed by atoms with E-state index in [1.165, 1.54) is 0 Å². The van der Waals surface area contributed by atoms with Crippen molar-refractivity contribution >= 4 is 22.7 Å². The van der Waals surface area contributed by atoms with Gasteiger partial charge in [-0.2, -0.15) is 0 Å². The quantitative estimate of drug-likeness (QED) is 0.554. The second-order valence-electron chi connectivity index (χ2n) is 8.41. The molecule has 1 amide bonds. The predicted molar refractivity (Wildman–Crippen MR) is 128 cm³/mol. The van der Waals surface area contributed by atoms with E-state index in [1.54, 1.807) is 19.4 Å². The molecule has 0 spiro atoms. The fraction of sp³-hybridized carbons (Fsp3) is 0.400. The van der Waals surface area contributed by atoms with Crippen molar-refractivity contribution in [2.75, 3.05) is 45.2 Å². The monoisotopic (exact) mass is 450 g/mol. The normalized spacial score (nSPS) is 14.5. The number of benzene rings is 1. The number of rotatable bonds is 7. The molecule has 1 aliphatic heterocycles. The maximum atomic E-state index is 12.6. The molecular formula is C25H30N4O4. The lowest BCUT2D eigenvalue weighted by Crippen LogP contribution is -2.45. The number of hydrogen-bond donors (Lipinski definition) is 1. The summed E-state index contributed by atoms with van der Waals surface area (Å²) >= 11 is 0. The first-order valence-electron chi connectivity index (χ1n) is 11.2. The summed E-state index contributed by atoms with van der Waals surface area (Å²) in [5.41, 5.74) is 2.43. The van der Waals surface area contributed by atoms with Gasteiger partial charge in [-0.05, 0) is 44.2 Å². The van der Waals surface area contributed by atoms with E-state index in [2.05, 4.69) is 27.1 Å². The van der Waals surface area contributed by atoms with Crippen LogP contribution in [0, 0.1) is 6.92 Å². The number of anilines is 1. The number of aromatic nitrogens is 1. The lowest BCUT2D eigenvalue weighted by atomic mass is 10.0. The molecule has 1 N–H and O–H groups in total. The first-order valence-corrected chi connectivity index (χ1v) is 11.2. The summed E-state index contributed by atoms with van der Waals surface area (Å²) in [7, 11) is 3.68. The van der Waals surface area contributed by atoms with Crippen molar-refractivity contribution in [2.45, 2.75) is 26.3 Å². The number of fused-ring (bicyclic) bond motifs is 1. The molecule has 2 aromatic heterocycles. The average molecular weight is 451 g/mol. The molecular weight excluding hydrogens is 420 g/mol. The van der Waals surface area contributed by atoms with Crippen molar-refractivity contribution in [3.63, 3.8) is 0 Å². The van der Waals surface area contributed by atoms with E-state index in [9.17, 15) is 9.59 Å². The maximum Gasteiger partial charge on any atom is 0.339 e. The summed E-state index contributed by atoms with van der Waals surface area (Å²) in [6.45, 7) is 6.09. The Kier molecular flexibility index (Phi) is 6.93. The largest absolute Gasteiger partial charge is 0.497 e. The van der Waals surface area contributed by atoms with E-state index < -0.39 is 5.63 Å². The lowest BCUT2D eigenvalue weighted by molar-refractivity contribution is -0.121. The van der Waals surface area contributed by atoms with E-state index in [1.807, 2.05) is 31.2 Å². The number of likely N-dealkylation sites (N-methyl/N-ethyl adjacent to an activating group) is 1. The molecule has 33 heavy (non-hydrogen) atoms. The van der Waals surface area contributed by atoms with Gasteiger partial charge in [-0.1, -0.05) is 6.07 Å². The van der Waals surface area contributed by atoms with Crippen LogP contribution in [0.1, 0.15) is 23.1 Å². The summed E-state index contributed by atoms with van der Waals surface area (Å²) in [6.07, 6.45) is 2.31. The van der Waals surface area contributed by atoms with Crippen molar-refractivity contribution in [1.29, 1.82) is 0 Å². The number of hydrogen-bond acceptors (Lipinski definition) is 7. The maximum absolute atomic E-state index is 12.6. The molecule has 0 saturated carbocycles. The van der Waals surface area contributed by atoms with Crippen LogP contribution in [0.25, 0.3) is 11.0 Å². The lowest BCUT2D eigenvalue weighted by Gasteiger charge is -2.34. The highest BCUT2D eigenvalue weighted by Crippen LogP contribution is 2.24. The van der Waals surface area contributed by atoms with Gasteiger partial charge in [-0.25, -0.2) is 9.78 Å². The number of pyridine rings is 1. The zero-order valence-electron chi connectivity index (χ0n) is 19.4. The van der Waals surface area contributed by atoms with E-state index in [-0.39, 0.29) is 12.3 Å². The smallest absolute Gasteiger partial charge is 0.339 e. The Balaban J connectivity index is 1.40. The Labute approximate surface area is 193 Å². The molecule has 4 rings (SSSR count). The van der Waals surface area contributed by atoms with Crippen molar-refractivity contribution in [2.24, 2.45) is 0 Å². The molecule has 1 saturated heterocycles. The van der Waals surface area contributed by atoms with Gasteiger partial charge >= 0.3 is 5.63 Å². The molecule has 0 aliphatic carbocycles. The third kappa shape index (κ3) is 5.17. The molecule has 0 unspecified atom stereocenters. The highest BCUT2D eigenvalue weighted by atomic mass is 16.5. The zero-order valence-corrected chi connectivity index (χ0v) is 19.4. The van der Waals surface area contributed by atoms with Gasteiger partial charge in [0.25, 0.3) is 0 Å². The number of carbonyl (C=O) groups is 1. The molecule has 8 nitrogen and oxygen atoms in total. The minimum absolute atomic E-state index is 0.114. The van der Waals surface area contributed by atoms with E-state index in [4.69, 9.17) is 9.15 Å². The van der Waals surface area contributed by atoms with Crippen LogP contribution < -0.4 is 20.6 Å². The molecule has 0 atom stereocenters. The number of methoxy groups -OCH3 is 1. The summed E-state index contributed by atoms with van der Waals surface area (Å²) in [5.74, 6) is 1.44. The van der Waals surface area contributed by atoms with Gasteiger partial charge in [-0.15, -0.1) is 0 Å². The second kappa shape index (κ2) is 10.0. The third-order valence-corrected chi connectivity index (χ3v) is 6.24. The summed E-state index contributed by atoms with van der Waals surface area (Å²) in [5, 5.41) is 3.83. The van der Waals surface area contributed by atoms with E-state index >= 15 is 0 Å². The van der Waals surface area contributed by atoms with Gasteiger partial charge in [-0.3, -0.25) is 4.79 Å². The van der Waals surface area contributed by atoms with E-state index in [0.717, 1.165) is 48.5 Å². The molecule has 1 aliphatic rings. The predicted octanol–water partition coefficient (Wildman–Crippen LogP) is 2.51. The molecule has 0 radical (unpaired) electrons. The second-order valence-corrected chi connectivity index (χ2v) is 8.41. The van der Waals surface area contributed by atoms with Crippen LogP contribution in [0.5, 0.6) is 5.75 Å². The fourth-order valence-electron chi connectivity index (χ4n) is 4.18. The van der Waals surface area contributed by atoms with Crippen LogP contribution in [-0.4, -0.2) is 56.1 Å². The average Bonchev–Trinajstić information content (AvgIpc) is 2.83. The van der Waals surface area contributed by atoms with Crippen LogP contribution in [0.4, 0.5) is 5.82 Å². The first-order chi connectivity index (χ1) is 16.0. The highest BCUT2D eigenvalue weighted by molar-refractivity contribution is 5.82. The summed E-state index contributed by atoms with van der Waals surface area (Å²) in [4.78, 5) is 34.2. The number of nitrogens with zero attached hydrogens (tertiary/aromatic N) is 3. The van der Waals surface area contributed by atoms with Gasteiger partial charge in [0.2, 0.25) is 5.91 Å². The van der Waals surface area contributed by atoms with E-state index in [0.29, 0.717) is 29.9 Å². The topological polar surface area (TPSA) is 87.9 Å². The molecule has 1 aromatic carbocycles. The molecule has 1 fully saturated rings.